The van der Waals surface area contributed by atoms with E-state index in [1.54, 1.807) is 0 Å². The second kappa shape index (κ2) is 33.4. The molecule has 0 N–H and O–H groups in total. The van der Waals surface area contributed by atoms with Crippen LogP contribution in [0, 0.1) is 0 Å². The molecule has 2 aliphatic rings. The Morgan fingerprint density at radius 2 is 0.926 bits per heavy atom. The number of ether oxygens (including phenoxy) is 6. The molecule has 2 aliphatic heterocycles. The van der Waals surface area contributed by atoms with Crippen LogP contribution in [-0.4, -0.2) is 140 Å². The molecule has 54 heavy (non-hydrogen) atoms. The molecule has 0 spiro atoms. The van der Waals surface area contributed by atoms with Gasteiger partial charge < -0.3 is 0 Å². The average Bonchev–Trinajstić information content (AvgIpc) is 3.20. The normalized spacial score (nSPS) is 20.0. The van der Waals surface area contributed by atoms with Gasteiger partial charge in [-0.3, -0.25) is 0 Å². The summed E-state index contributed by atoms with van der Waals surface area (Å²) in [5.41, 5.74) is 0. The molecule has 0 bridgehead atoms. The van der Waals surface area contributed by atoms with Crippen molar-refractivity contribution in [3.8, 4) is 0 Å². The first kappa shape index (κ1) is 50.7. The van der Waals surface area contributed by atoms with Gasteiger partial charge >= 0.3 is 341 Å². The van der Waals surface area contributed by atoms with Gasteiger partial charge in [0.2, 0.25) is 0 Å². The van der Waals surface area contributed by atoms with Gasteiger partial charge in [-0.15, -0.1) is 0 Å². The molecule has 2 atom stereocenters. The van der Waals surface area contributed by atoms with Gasteiger partial charge in [-0.05, 0) is 0 Å². The predicted molar refractivity (Wildman–Crippen MR) is 226 cm³/mol. The third kappa shape index (κ3) is 27.3. The quantitative estimate of drug-likeness (QED) is 0.0451. The topological polar surface area (TPSA) is 158 Å². The van der Waals surface area contributed by atoms with Crippen molar-refractivity contribution in [1.82, 2.24) is 0 Å². The molecule has 0 aromatic rings. The monoisotopic (exact) mass is 1090 g/mol. The molecule has 12 nitrogen and oxygen atoms in total. The summed E-state index contributed by atoms with van der Waals surface area (Å²) in [4.78, 5) is 74.7. The van der Waals surface area contributed by atoms with Crippen LogP contribution in [0.4, 0.5) is 0 Å². The van der Waals surface area contributed by atoms with E-state index in [0.29, 0.717) is 12.8 Å². The summed E-state index contributed by atoms with van der Waals surface area (Å²) in [6, 6.07) is 0. The minimum atomic E-state index is -2.53. The first-order valence-electron chi connectivity index (χ1n) is 18.7. The van der Waals surface area contributed by atoms with Gasteiger partial charge in [-0.2, -0.15) is 0 Å². The Morgan fingerprint density at radius 1 is 0.574 bits per heavy atom. The van der Waals surface area contributed by atoms with E-state index in [-0.39, 0.29) is 84.8 Å². The Hall–Kier alpha value is 0.517. The molecule has 0 saturated carbocycles. The standard InChI is InChI=1S/2C14H26O4S2.C6H10O4S2.2Sn/c2*1-2-3-4-5-6-7-8-12(18-14(16)11-20)9-17-13(15)10-19;7-5(3-11)9-1-2-10-6(8)4-12;;/h2*12,19-20H,2-11H2,1H3;11-12H,1-4H2;;/q;;;2*+3/p-6. The summed E-state index contributed by atoms with van der Waals surface area (Å²) in [7, 11) is 8.83. The zero-order chi connectivity index (χ0) is 39.2. The average molecular weight is 1090 g/mol. The molecule has 2 unspecified atom stereocenters. The van der Waals surface area contributed by atoms with E-state index in [9.17, 15) is 28.8 Å². The van der Waals surface area contributed by atoms with E-state index >= 15 is 0 Å². The fraction of sp³-hybridized carbons (Fsp3) is 0.824. The first-order valence-corrected chi connectivity index (χ1v) is 45.6. The van der Waals surface area contributed by atoms with Gasteiger partial charge in [-0.25, -0.2) is 0 Å². The minimum absolute atomic E-state index is 0.0675. The molecule has 2 saturated heterocycles. The number of unbranched alkanes of at least 4 members (excludes halogenated alkanes) is 10. The van der Waals surface area contributed by atoms with Crippen molar-refractivity contribution < 1.29 is 57.2 Å². The predicted octanol–water partition coefficient (Wildman–Crippen LogP) is 6.88. The SMILES string of the molecule is CCCCCCCCC1COC(=O)C[S][Sn]([S]CC(=O)OCCOC(=O)C[S][Sn]2[S]CC(=O)OCC(CCCCCCCC)OC(=O)C[S]2)[S]CC(=O)O1. The van der Waals surface area contributed by atoms with Gasteiger partial charge in [0.15, 0.2) is 0 Å². The van der Waals surface area contributed by atoms with Crippen LogP contribution in [-0.2, 0) is 57.2 Å². The maximum atomic E-state index is 12.6. The van der Waals surface area contributed by atoms with E-state index in [0.717, 1.165) is 38.5 Å². The van der Waals surface area contributed by atoms with Crippen LogP contribution in [0.5, 0.6) is 0 Å². The van der Waals surface area contributed by atoms with Crippen molar-refractivity contribution in [1.29, 1.82) is 0 Å². The summed E-state index contributed by atoms with van der Waals surface area (Å²) in [5.74, 6) is -1.45. The number of esters is 6. The molecule has 0 amide bonds. The number of cyclic esters (lactones) is 4. The van der Waals surface area contributed by atoms with E-state index in [1.165, 1.54) is 92.2 Å². The molecule has 2 fully saturated rings. The van der Waals surface area contributed by atoms with Gasteiger partial charge in [-0.1, -0.05) is 13.8 Å². The fourth-order valence-electron chi connectivity index (χ4n) is 4.90. The Balaban J connectivity index is 1.64. The Morgan fingerprint density at radius 3 is 1.31 bits per heavy atom. The third-order valence-corrected chi connectivity index (χ3v) is 59.4. The van der Waals surface area contributed by atoms with Gasteiger partial charge in [0.25, 0.3) is 0 Å². The molecule has 0 aromatic heterocycles. The second-order valence-corrected chi connectivity index (χ2v) is 60.4. The van der Waals surface area contributed by atoms with Gasteiger partial charge in [0.1, 0.15) is 0 Å². The Bertz CT molecular complexity index is 1040. The fourth-order valence-corrected chi connectivity index (χ4v) is 48.0. The van der Waals surface area contributed by atoms with Crippen LogP contribution in [0.3, 0.4) is 0 Å². The van der Waals surface area contributed by atoms with Crippen molar-refractivity contribution in [2.24, 2.45) is 0 Å². The molecule has 2 heterocycles. The first-order chi connectivity index (χ1) is 26.2. The molecule has 0 aliphatic carbocycles. The van der Waals surface area contributed by atoms with Crippen LogP contribution >= 0.6 is 53.7 Å². The molecular formula is C34H56O12S6Sn2. The number of rotatable bonds is 23. The molecular weight excluding hydrogens is 1030 g/mol. The van der Waals surface area contributed by atoms with E-state index in [1.807, 2.05) is 0 Å². The third-order valence-electron chi connectivity index (χ3n) is 7.67. The Kier molecular flexibility index (Phi) is 31.3. The zero-order valence-electron chi connectivity index (χ0n) is 31.5. The summed E-state index contributed by atoms with van der Waals surface area (Å²) in [6.45, 7) is 4.30. The molecule has 20 heteroatoms. The number of carbonyl (C=O) groups excluding carboxylic acids is 6. The summed E-state index contributed by atoms with van der Waals surface area (Å²) in [5, 5.41) is 0. The maximum absolute atomic E-state index is 12.6. The van der Waals surface area contributed by atoms with E-state index < -0.39 is 55.4 Å². The number of carbonyl (C=O) groups is 6. The van der Waals surface area contributed by atoms with Crippen molar-refractivity contribution in [3.05, 3.63) is 0 Å². The van der Waals surface area contributed by atoms with Crippen LogP contribution < -0.4 is 0 Å². The Labute approximate surface area is 351 Å². The summed E-state index contributed by atoms with van der Waals surface area (Å²) < 4.78 is 32.6. The van der Waals surface area contributed by atoms with Crippen LogP contribution in [0.15, 0.2) is 0 Å². The van der Waals surface area contributed by atoms with Crippen molar-refractivity contribution in [2.45, 2.75) is 116 Å². The number of hydrogen-bond acceptors (Lipinski definition) is 18. The van der Waals surface area contributed by atoms with E-state index in [2.05, 4.69) is 13.8 Å². The van der Waals surface area contributed by atoms with Crippen LogP contribution in [0.2, 0.25) is 0 Å². The van der Waals surface area contributed by atoms with Crippen molar-refractivity contribution in [2.75, 3.05) is 60.9 Å². The van der Waals surface area contributed by atoms with Crippen molar-refractivity contribution in [3.63, 3.8) is 0 Å². The van der Waals surface area contributed by atoms with Crippen LogP contribution in [0.25, 0.3) is 0 Å². The second-order valence-electron chi connectivity index (χ2n) is 12.4. The van der Waals surface area contributed by atoms with Gasteiger partial charge in [0.05, 0.1) is 0 Å². The van der Waals surface area contributed by atoms with Crippen LogP contribution in [0.1, 0.15) is 104 Å². The zero-order valence-corrected chi connectivity index (χ0v) is 42.1. The summed E-state index contributed by atoms with van der Waals surface area (Å²) >= 11 is -5.06. The molecule has 2 rings (SSSR count). The van der Waals surface area contributed by atoms with E-state index in [4.69, 9.17) is 28.4 Å². The molecule has 0 aromatic carbocycles. The van der Waals surface area contributed by atoms with Crippen molar-refractivity contribution >= 4 is 121 Å². The van der Waals surface area contributed by atoms with Gasteiger partial charge in [0, 0.05) is 0 Å². The molecule has 2 radical (unpaired) electrons. The summed E-state index contributed by atoms with van der Waals surface area (Å²) in [6.07, 6.45) is 13.9. The molecule has 308 valence electrons. The number of hydrogen-bond donors (Lipinski definition) is 0.